The standard InChI is InChI=1S/C16H36N2/c1-9-15(7)18(16(8)10-2)17(11-13(3)4)12-14(5)6/h13-16H,9-12H2,1-8H3. The molecule has 0 amide bonds. The molecule has 0 aromatic carbocycles. The van der Waals surface area contributed by atoms with Crippen molar-refractivity contribution in [3.05, 3.63) is 0 Å². The minimum absolute atomic E-state index is 0.637. The van der Waals surface area contributed by atoms with E-state index in [1.54, 1.807) is 0 Å². The molecule has 0 aliphatic carbocycles. The van der Waals surface area contributed by atoms with Crippen molar-refractivity contribution in [1.82, 2.24) is 10.0 Å². The topological polar surface area (TPSA) is 6.48 Å². The van der Waals surface area contributed by atoms with Crippen molar-refractivity contribution < 1.29 is 0 Å². The van der Waals surface area contributed by atoms with Gasteiger partial charge in [-0.3, -0.25) is 0 Å². The lowest BCUT2D eigenvalue weighted by atomic mass is 10.1. The minimum atomic E-state index is 0.637. The number of hydrogen-bond donors (Lipinski definition) is 0. The molecular formula is C16H36N2. The quantitative estimate of drug-likeness (QED) is 0.564. The SMILES string of the molecule is CCC(C)N(C(C)CC)N(CC(C)C)CC(C)C. The fourth-order valence-corrected chi connectivity index (χ4v) is 2.47. The first kappa shape index (κ1) is 17.9. The van der Waals surface area contributed by atoms with Gasteiger partial charge in [0.05, 0.1) is 0 Å². The van der Waals surface area contributed by atoms with E-state index in [-0.39, 0.29) is 0 Å². The summed E-state index contributed by atoms with van der Waals surface area (Å²) in [5, 5.41) is 5.25. The number of hydrazine groups is 1. The summed E-state index contributed by atoms with van der Waals surface area (Å²) in [6, 6.07) is 1.27. The molecule has 2 nitrogen and oxygen atoms in total. The minimum Gasteiger partial charge on any atom is -0.241 e. The summed E-state index contributed by atoms with van der Waals surface area (Å²) < 4.78 is 0. The second-order valence-corrected chi connectivity index (χ2v) is 6.55. The summed E-state index contributed by atoms with van der Waals surface area (Å²) in [4.78, 5) is 0. The maximum Gasteiger partial charge on any atom is 0.0218 e. The van der Waals surface area contributed by atoms with Crippen molar-refractivity contribution in [2.45, 2.75) is 80.3 Å². The van der Waals surface area contributed by atoms with E-state index in [0.717, 1.165) is 11.8 Å². The summed E-state index contributed by atoms with van der Waals surface area (Å²) in [6.07, 6.45) is 2.44. The Morgan fingerprint density at radius 2 is 1.00 bits per heavy atom. The zero-order valence-corrected chi connectivity index (χ0v) is 14.0. The number of nitrogens with zero attached hydrogens (tertiary/aromatic N) is 2. The van der Waals surface area contributed by atoms with Crippen LogP contribution in [0.1, 0.15) is 68.2 Å². The summed E-state index contributed by atoms with van der Waals surface area (Å²) in [6.45, 7) is 20.9. The van der Waals surface area contributed by atoms with E-state index in [0.29, 0.717) is 12.1 Å². The van der Waals surface area contributed by atoms with E-state index in [1.165, 1.54) is 25.9 Å². The van der Waals surface area contributed by atoms with Gasteiger partial charge in [-0.05, 0) is 38.5 Å². The molecule has 0 fully saturated rings. The molecule has 110 valence electrons. The highest BCUT2D eigenvalue weighted by molar-refractivity contribution is 4.73. The third-order valence-corrected chi connectivity index (χ3v) is 3.56. The Kier molecular flexibility index (Phi) is 8.89. The molecule has 0 saturated heterocycles. The van der Waals surface area contributed by atoms with Gasteiger partial charge in [0.25, 0.3) is 0 Å². The fourth-order valence-electron chi connectivity index (χ4n) is 2.47. The first-order valence-electron chi connectivity index (χ1n) is 7.86. The summed E-state index contributed by atoms with van der Waals surface area (Å²) in [5.41, 5.74) is 0. The molecule has 0 aromatic rings. The molecule has 2 heteroatoms. The normalized spacial score (nSPS) is 16.0. The van der Waals surface area contributed by atoms with E-state index in [2.05, 4.69) is 65.4 Å². The Bertz CT molecular complexity index is 181. The van der Waals surface area contributed by atoms with Gasteiger partial charge in [0.1, 0.15) is 0 Å². The third kappa shape index (κ3) is 6.19. The second kappa shape index (κ2) is 8.92. The van der Waals surface area contributed by atoms with Gasteiger partial charge in [-0.25, -0.2) is 10.0 Å². The van der Waals surface area contributed by atoms with Crippen LogP contribution in [0.4, 0.5) is 0 Å². The molecule has 0 radical (unpaired) electrons. The molecule has 0 heterocycles. The van der Waals surface area contributed by atoms with Crippen LogP contribution in [-0.4, -0.2) is 35.2 Å². The van der Waals surface area contributed by atoms with Gasteiger partial charge in [-0.1, -0.05) is 41.5 Å². The van der Waals surface area contributed by atoms with Crippen LogP contribution in [0.15, 0.2) is 0 Å². The van der Waals surface area contributed by atoms with Crippen LogP contribution < -0.4 is 0 Å². The molecule has 0 rings (SSSR count). The van der Waals surface area contributed by atoms with E-state index < -0.39 is 0 Å². The van der Waals surface area contributed by atoms with Gasteiger partial charge >= 0.3 is 0 Å². The molecule has 2 unspecified atom stereocenters. The highest BCUT2D eigenvalue weighted by Gasteiger charge is 2.25. The van der Waals surface area contributed by atoms with Crippen LogP contribution in [0, 0.1) is 11.8 Å². The largest absolute Gasteiger partial charge is 0.241 e. The van der Waals surface area contributed by atoms with Gasteiger partial charge < -0.3 is 0 Å². The molecule has 0 bridgehead atoms. The number of hydrogen-bond acceptors (Lipinski definition) is 2. The average Bonchev–Trinajstić information content (AvgIpc) is 2.26. The molecule has 2 atom stereocenters. The Balaban J connectivity index is 4.92. The van der Waals surface area contributed by atoms with Gasteiger partial charge in [0.15, 0.2) is 0 Å². The van der Waals surface area contributed by atoms with Crippen LogP contribution >= 0.6 is 0 Å². The molecular weight excluding hydrogens is 220 g/mol. The Labute approximate surface area is 116 Å². The van der Waals surface area contributed by atoms with Crippen LogP contribution in [0.3, 0.4) is 0 Å². The maximum absolute atomic E-state index is 2.64. The Morgan fingerprint density at radius 1 is 0.667 bits per heavy atom. The molecule has 0 aliphatic rings. The molecule has 0 aromatic heterocycles. The molecule has 0 N–H and O–H groups in total. The predicted molar refractivity (Wildman–Crippen MR) is 82.6 cm³/mol. The highest BCUT2D eigenvalue weighted by atomic mass is 15.6. The van der Waals surface area contributed by atoms with Gasteiger partial charge in [0, 0.05) is 25.2 Å². The molecule has 0 saturated carbocycles. The van der Waals surface area contributed by atoms with Gasteiger partial charge in [-0.2, -0.15) is 0 Å². The van der Waals surface area contributed by atoms with E-state index in [1.807, 2.05) is 0 Å². The van der Waals surface area contributed by atoms with Crippen molar-refractivity contribution in [3.63, 3.8) is 0 Å². The van der Waals surface area contributed by atoms with Crippen molar-refractivity contribution in [3.8, 4) is 0 Å². The van der Waals surface area contributed by atoms with E-state index >= 15 is 0 Å². The lowest BCUT2D eigenvalue weighted by Gasteiger charge is -2.44. The average molecular weight is 256 g/mol. The van der Waals surface area contributed by atoms with Crippen LogP contribution in [0.5, 0.6) is 0 Å². The van der Waals surface area contributed by atoms with Gasteiger partial charge in [-0.15, -0.1) is 0 Å². The molecule has 18 heavy (non-hydrogen) atoms. The lowest BCUT2D eigenvalue weighted by Crippen LogP contribution is -2.54. The zero-order chi connectivity index (χ0) is 14.3. The predicted octanol–water partition coefficient (Wildman–Crippen LogP) is 4.41. The van der Waals surface area contributed by atoms with Gasteiger partial charge in [0.2, 0.25) is 0 Å². The lowest BCUT2D eigenvalue weighted by molar-refractivity contribution is -0.0995. The smallest absolute Gasteiger partial charge is 0.0218 e. The van der Waals surface area contributed by atoms with Crippen molar-refractivity contribution in [2.75, 3.05) is 13.1 Å². The summed E-state index contributed by atoms with van der Waals surface area (Å²) in [7, 11) is 0. The third-order valence-electron chi connectivity index (χ3n) is 3.56. The van der Waals surface area contributed by atoms with E-state index in [4.69, 9.17) is 0 Å². The monoisotopic (exact) mass is 256 g/mol. The van der Waals surface area contributed by atoms with Crippen LogP contribution in [0.25, 0.3) is 0 Å². The second-order valence-electron chi connectivity index (χ2n) is 6.55. The first-order chi connectivity index (χ1) is 8.33. The number of rotatable bonds is 9. The summed E-state index contributed by atoms with van der Waals surface area (Å²) in [5.74, 6) is 1.44. The van der Waals surface area contributed by atoms with Crippen LogP contribution in [0.2, 0.25) is 0 Å². The van der Waals surface area contributed by atoms with Crippen molar-refractivity contribution in [2.24, 2.45) is 11.8 Å². The van der Waals surface area contributed by atoms with Crippen LogP contribution in [-0.2, 0) is 0 Å². The molecule has 0 spiro atoms. The molecule has 0 aliphatic heterocycles. The summed E-state index contributed by atoms with van der Waals surface area (Å²) >= 11 is 0. The Hall–Kier alpha value is -0.0800. The Morgan fingerprint density at radius 3 is 1.22 bits per heavy atom. The highest BCUT2D eigenvalue weighted by Crippen LogP contribution is 2.18. The first-order valence-corrected chi connectivity index (χ1v) is 7.86. The maximum atomic E-state index is 2.64. The fraction of sp³-hybridized carbons (Fsp3) is 1.00. The van der Waals surface area contributed by atoms with Crippen molar-refractivity contribution >= 4 is 0 Å². The van der Waals surface area contributed by atoms with E-state index in [9.17, 15) is 0 Å². The zero-order valence-electron chi connectivity index (χ0n) is 14.0. The van der Waals surface area contributed by atoms with Crippen molar-refractivity contribution in [1.29, 1.82) is 0 Å².